The number of thioether (sulfide) groups is 1. The quantitative estimate of drug-likeness (QED) is 0.00931. The van der Waals surface area contributed by atoms with Crippen molar-refractivity contribution in [3.63, 3.8) is 0 Å². The molecule has 0 aromatic rings. The minimum Gasteiger partial charge on any atom is -0.481 e. The zero-order valence-corrected chi connectivity index (χ0v) is 44.5. The molecule has 17 nitrogen and oxygen atoms in total. The summed E-state index contributed by atoms with van der Waals surface area (Å²) < 4.78 is 33.6. The molecule has 1 saturated carbocycles. The molecule has 1 aliphatic carbocycles. The monoisotopic (exact) mass is 1070 g/mol. The minimum atomic E-state index is -5.31. The number of hydrogen-bond donors (Lipinski definition) is 9. The lowest BCUT2D eigenvalue weighted by molar-refractivity contribution is -0.220. The fraction of sp³-hybridized carbons (Fsp3) is 0.611. The molecule has 73 heavy (non-hydrogen) atoms. The van der Waals surface area contributed by atoms with Crippen LogP contribution in [0.4, 0.5) is 0 Å². The molecule has 19 heteroatoms. The number of aliphatic carboxylic acids is 1. The molecule has 0 spiro atoms. The number of aliphatic hydroxyl groups is 6. The molecule has 0 amide bonds. The Hall–Kier alpha value is -3.75. The molecule has 0 aliphatic heterocycles. The molecule has 0 aromatic heterocycles. The third-order valence-corrected chi connectivity index (χ3v) is 13.5. The van der Waals surface area contributed by atoms with Crippen LogP contribution in [-0.4, -0.2) is 138 Å². The third-order valence-electron chi connectivity index (χ3n) is 11.1. The Morgan fingerprint density at radius 2 is 1.12 bits per heavy atom. The molecular formula is C54H86NO16PS. The number of carboxylic acid groups (broad SMARTS) is 1. The average molecular weight is 1070 g/mol. The summed E-state index contributed by atoms with van der Waals surface area (Å²) >= 11 is 1.10. The normalized spacial score (nSPS) is 22.5. The highest BCUT2D eigenvalue weighted by atomic mass is 32.2. The van der Waals surface area contributed by atoms with E-state index in [9.17, 15) is 54.5 Å². The lowest BCUT2D eigenvalue weighted by Crippen LogP contribution is -2.64. The van der Waals surface area contributed by atoms with E-state index in [1.807, 2.05) is 36.5 Å². The van der Waals surface area contributed by atoms with Gasteiger partial charge in [0.25, 0.3) is 0 Å². The average Bonchev–Trinajstić information content (AvgIpc) is 3.36. The second-order valence-electron chi connectivity index (χ2n) is 17.5. The first kappa shape index (κ1) is 67.3. The molecule has 3 unspecified atom stereocenters. The molecule has 1 aliphatic rings. The Kier molecular flexibility index (Phi) is 39.1. The number of ether oxygens (including phenoxy) is 2. The molecule has 1 rings (SSSR count). The van der Waals surface area contributed by atoms with Crippen LogP contribution in [0.5, 0.6) is 0 Å². The van der Waals surface area contributed by atoms with Crippen LogP contribution in [0.15, 0.2) is 109 Å². The van der Waals surface area contributed by atoms with Crippen LogP contribution < -0.4 is 5.73 Å². The number of phosphoric ester groups is 1. The van der Waals surface area contributed by atoms with Crippen LogP contribution in [0.3, 0.4) is 0 Å². The molecule has 0 saturated heterocycles. The van der Waals surface area contributed by atoms with E-state index in [1.165, 1.54) is 32.1 Å². The van der Waals surface area contributed by atoms with Gasteiger partial charge in [0.1, 0.15) is 49.3 Å². The SMILES string of the molecule is CCCCC/C=C\C\C=C/C=C/C=C/[C@@H](SC[C@H](N)C(=O)O[C@H](COC(=O)CC/C=C\C/C=C\C/C=C\C/C=C\C/C=C\CCCCC)COP(=O)(O)OC1[C@H](O)[C@H](O)C(O)[C@H](O)[C@H]1O)[C@@H](O)CCCC(=O)O. The van der Waals surface area contributed by atoms with Crippen LogP contribution in [-0.2, 0) is 37.5 Å². The highest BCUT2D eigenvalue weighted by Gasteiger charge is 2.51. The number of hydrogen-bond acceptors (Lipinski definition) is 16. The fourth-order valence-electron chi connectivity index (χ4n) is 6.81. The van der Waals surface area contributed by atoms with Gasteiger partial charge in [0.05, 0.1) is 12.7 Å². The number of unbranched alkanes of at least 4 members (excludes halogenated alkanes) is 6. The molecular weight excluding hydrogens is 982 g/mol. The van der Waals surface area contributed by atoms with Crippen molar-refractivity contribution in [3.05, 3.63) is 109 Å². The topological polar surface area (TPSA) is 293 Å². The smallest absolute Gasteiger partial charge is 0.472 e. The maximum absolute atomic E-state index is 13.3. The summed E-state index contributed by atoms with van der Waals surface area (Å²) in [6, 6.07) is -1.35. The Balaban J connectivity index is 2.91. The summed E-state index contributed by atoms with van der Waals surface area (Å²) in [4.78, 5) is 47.7. The number of aliphatic hydroxyl groups excluding tert-OH is 6. The van der Waals surface area contributed by atoms with Gasteiger partial charge in [-0.15, -0.1) is 11.8 Å². The van der Waals surface area contributed by atoms with Crippen LogP contribution in [0.25, 0.3) is 0 Å². The molecule has 414 valence electrons. The molecule has 1 fully saturated rings. The van der Waals surface area contributed by atoms with Crippen LogP contribution in [0.2, 0.25) is 0 Å². The highest BCUT2D eigenvalue weighted by molar-refractivity contribution is 8.00. The summed E-state index contributed by atoms with van der Waals surface area (Å²) in [5.41, 5.74) is 6.21. The van der Waals surface area contributed by atoms with Crippen LogP contribution >= 0.6 is 19.6 Å². The number of carboxylic acids is 1. The maximum atomic E-state index is 13.3. The number of phosphoric acid groups is 1. The summed E-state index contributed by atoms with van der Waals surface area (Å²) in [6.45, 7) is 2.75. The molecule has 0 heterocycles. The third kappa shape index (κ3) is 33.7. The van der Waals surface area contributed by atoms with Gasteiger partial charge in [0, 0.05) is 23.8 Å². The molecule has 0 bridgehead atoms. The minimum absolute atomic E-state index is 0.0654. The first-order valence-corrected chi connectivity index (χ1v) is 28.2. The maximum Gasteiger partial charge on any atom is 0.472 e. The second kappa shape index (κ2) is 42.5. The van der Waals surface area contributed by atoms with Crippen molar-refractivity contribution in [2.75, 3.05) is 19.0 Å². The Morgan fingerprint density at radius 1 is 0.630 bits per heavy atom. The Labute approximate surface area is 437 Å². The first-order chi connectivity index (χ1) is 35.0. The first-order valence-electron chi connectivity index (χ1n) is 25.6. The van der Waals surface area contributed by atoms with E-state index in [1.54, 1.807) is 24.3 Å². The van der Waals surface area contributed by atoms with Crippen LogP contribution in [0, 0.1) is 0 Å². The van der Waals surface area contributed by atoms with E-state index in [-0.39, 0.29) is 31.4 Å². The predicted octanol–water partition coefficient (Wildman–Crippen LogP) is 7.70. The lowest BCUT2D eigenvalue weighted by atomic mass is 9.85. The summed E-state index contributed by atoms with van der Waals surface area (Å²) in [6.07, 6.45) is 34.6. The van der Waals surface area contributed by atoms with E-state index in [4.69, 9.17) is 29.4 Å². The van der Waals surface area contributed by atoms with Gasteiger partial charge in [-0.3, -0.25) is 23.4 Å². The molecule has 0 radical (unpaired) electrons. The zero-order valence-electron chi connectivity index (χ0n) is 42.8. The van der Waals surface area contributed by atoms with Crippen molar-refractivity contribution in [2.45, 2.75) is 190 Å². The number of carbonyl (C=O) groups excluding carboxylic acids is 2. The van der Waals surface area contributed by atoms with Gasteiger partial charge in [0.2, 0.25) is 0 Å². The van der Waals surface area contributed by atoms with Crippen molar-refractivity contribution < 1.29 is 78.1 Å². The summed E-state index contributed by atoms with van der Waals surface area (Å²) in [5, 5.41) is 70.0. The fourth-order valence-corrected chi connectivity index (χ4v) is 8.91. The van der Waals surface area contributed by atoms with E-state index < -0.39 is 99.1 Å². The highest BCUT2D eigenvalue weighted by Crippen LogP contribution is 2.47. The van der Waals surface area contributed by atoms with Gasteiger partial charge in [-0.2, -0.15) is 0 Å². The lowest BCUT2D eigenvalue weighted by Gasteiger charge is -2.41. The van der Waals surface area contributed by atoms with Gasteiger partial charge < -0.3 is 55.8 Å². The van der Waals surface area contributed by atoms with E-state index in [0.29, 0.717) is 12.8 Å². The van der Waals surface area contributed by atoms with E-state index in [0.717, 1.165) is 56.7 Å². The van der Waals surface area contributed by atoms with Crippen molar-refractivity contribution in [1.82, 2.24) is 0 Å². The largest absolute Gasteiger partial charge is 0.481 e. The predicted molar refractivity (Wildman–Crippen MR) is 286 cm³/mol. The van der Waals surface area contributed by atoms with E-state index >= 15 is 0 Å². The number of allylic oxidation sites excluding steroid dienone is 17. The standard InChI is InChI=1S/C54H86NO16PS/c1-3-5-7-9-11-13-15-17-18-19-20-21-22-23-25-27-29-31-33-38-47(59)68-39-42(40-69-72(66,67)71-53-51(63)49(61)48(60)50(62)52(53)64)70-54(65)43(55)41-73-45(44(56)35-34-37-46(57)58)36-32-30-28-26-24-16-14-12-10-8-6-4-2/h11-14,17-18,20-21,23-26,28-32,36,42-45,48-53,56,60-64H,3-10,15-16,19,22,27,33-35,37-41,55H2,1-2H3,(H,57,58)(H,66,67)/b13-11-,14-12-,18-17-,21-20-,25-23-,26-24-,30-28+,31-29-,36-32+/t42-,43+,44+,45-,48?,49-,50+,51-,52-,53?/m1/s1. The van der Waals surface area contributed by atoms with Gasteiger partial charge >= 0.3 is 25.7 Å². The Morgan fingerprint density at radius 3 is 1.66 bits per heavy atom. The summed E-state index contributed by atoms with van der Waals surface area (Å²) in [5.74, 6) is -2.87. The van der Waals surface area contributed by atoms with Crippen molar-refractivity contribution in [1.29, 1.82) is 0 Å². The number of nitrogens with two attached hydrogens (primary N) is 1. The van der Waals surface area contributed by atoms with Gasteiger partial charge in [0.15, 0.2) is 6.10 Å². The van der Waals surface area contributed by atoms with Crippen LogP contribution in [0.1, 0.15) is 129 Å². The van der Waals surface area contributed by atoms with Crippen molar-refractivity contribution in [3.8, 4) is 0 Å². The summed E-state index contributed by atoms with van der Waals surface area (Å²) in [7, 11) is -5.31. The zero-order chi connectivity index (χ0) is 54.1. The molecule has 10 N–H and O–H groups in total. The van der Waals surface area contributed by atoms with Crippen molar-refractivity contribution >= 4 is 37.5 Å². The van der Waals surface area contributed by atoms with Crippen molar-refractivity contribution in [2.24, 2.45) is 5.73 Å². The Bertz CT molecular complexity index is 1820. The van der Waals surface area contributed by atoms with Gasteiger partial charge in [-0.1, -0.05) is 149 Å². The van der Waals surface area contributed by atoms with E-state index in [2.05, 4.69) is 62.5 Å². The molecule has 0 aromatic carbocycles. The van der Waals surface area contributed by atoms with Gasteiger partial charge in [-0.25, -0.2) is 4.57 Å². The number of rotatable bonds is 41. The van der Waals surface area contributed by atoms with Gasteiger partial charge in [-0.05, 0) is 77.0 Å². The number of carbonyl (C=O) groups is 3. The second-order valence-corrected chi connectivity index (χ2v) is 20.1. The number of esters is 2. The molecule has 11 atom stereocenters.